The first-order valence-corrected chi connectivity index (χ1v) is 6.42. The molecule has 1 saturated heterocycles. The third kappa shape index (κ3) is 2.68. The van der Waals surface area contributed by atoms with Gasteiger partial charge in [0.1, 0.15) is 0 Å². The monoisotopic (exact) mass is 228 g/mol. The van der Waals surface area contributed by atoms with Crippen molar-refractivity contribution < 1.29 is 0 Å². The summed E-state index contributed by atoms with van der Waals surface area (Å²) >= 11 is 0. The largest absolute Gasteiger partial charge is 0.306 e. The Labute approximate surface area is 104 Å². The molecule has 0 N–H and O–H groups in total. The van der Waals surface area contributed by atoms with E-state index in [1.54, 1.807) is 0 Å². The van der Waals surface area contributed by atoms with Crippen molar-refractivity contribution >= 4 is 0 Å². The van der Waals surface area contributed by atoms with Crippen LogP contribution in [0, 0.1) is 11.3 Å². The van der Waals surface area contributed by atoms with E-state index < -0.39 is 0 Å². The van der Waals surface area contributed by atoms with Crippen LogP contribution in [-0.2, 0) is 5.41 Å². The minimum Gasteiger partial charge on any atom is -0.306 e. The number of likely N-dealkylation sites (tertiary alicyclic amines) is 1. The Balaban J connectivity index is 2.26. The average molecular weight is 228 g/mol. The maximum absolute atomic E-state index is 9.63. The molecule has 1 aromatic carbocycles. The van der Waals surface area contributed by atoms with Crippen molar-refractivity contribution in [1.82, 2.24) is 4.90 Å². The van der Waals surface area contributed by atoms with Crippen molar-refractivity contribution in [3.8, 4) is 6.07 Å². The summed E-state index contributed by atoms with van der Waals surface area (Å²) in [6, 6.07) is 12.9. The van der Waals surface area contributed by atoms with E-state index >= 15 is 0 Å². The lowest BCUT2D eigenvalue weighted by Crippen LogP contribution is -2.33. The first-order valence-electron chi connectivity index (χ1n) is 6.42. The zero-order valence-electron chi connectivity index (χ0n) is 10.5. The van der Waals surface area contributed by atoms with Gasteiger partial charge >= 0.3 is 0 Å². The molecule has 1 aliphatic heterocycles. The van der Waals surface area contributed by atoms with E-state index in [1.807, 2.05) is 18.2 Å². The Morgan fingerprint density at radius 1 is 1.12 bits per heavy atom. The second-order valence-electron chi connectivity index (χ2n) is 5.07. The third-order valence-corrected chi connectivity index (χ3v) is 3.85. The smallest absolute Gasteiger partial charge is 0.0834 e. The van der Waals surface area contributed by atoms with Gasteiger partial charge in [0.05, 0.1) is 11.5 Å². The van der Waals surface area contributed by atoms with Gasteiger partial charge < -0.3 is 4.90 Å². The molecule has 2 nitrogen and oxygen atoms in total. The van der Waals surface area contributed by atoms with Crippen LogP contribution < -0.4 is 0 Å². The summed E-state index contributed by atoms with van der Waals surface area (Å²) in [6.07, 6.45) is 4.30. The van der Waals surface area contributed by atoms with Gasteiger partial charge in [0, 0.05) is 0 Å². The van der Waals surface area contributed by atoms with Crippen LogP contribution >= 0.6 is 0 Å². The highest BCUT2D eigenvalue weighted by molar-refractivity contribution is 5.32. The van der Waals surface area contributed by atoms with Crippen LogP contribution in [-0.4, -0.2) is 25.0 Å². The quantitative estimate of drug-likeness (QED) is 0.739. The van der Waals surface area contributed by atoms with Crippen molar-refractivity contribution in [2.24, 2.45) is 0 Å². The number of benzene rings is 1. The molecule has 0 aliphatic carbocycles. The van der Waals surface area contributed by atoms with Gasteiger partial charge in [0.15, 0.2) is 0 Å². The van der Waals surface area contributed by atoms with E-state index in [-0.39, 0.29) is 5.41 Å². The summed E-state index contributed by atoms with van der Waals surface area (Å²) in [4.78, 5) is 2.34. The number of nitrogens with zero attached hydrogens (tertiary/aromatic N) is 2. The zero-order valence-corrected chi connectivity index (χ0v) is 10.5. The molecule has 1 heterocycles. The molecule has 1 atom stereocenters. The van der Waals surface area contributed by atoms with Crippen molar-refractivity contribution in [2.75, 3.05) is 20.1 Å². The number of hydrogen-bond donors (Lipinski definition) is 0. The molecule has 0 unspecified atom stereocenters. The van der Waals surface area contributed by atoms with E-state index in [1.165, 1.54) is 12.0 Å². The van der Waals surface area contributed by atoms with Gasteiger partial charge in [-0.25, -0.2) is 0 Å². The molecule has 1 fully saturated rings. The van der Waals surface area contributed by atoms with E-state index in [9.17, 15) is 5.26 Å². The standard InChI is InChI=1S/C15H20N2/c1-17-11-6-5-9-15(13-16,10-12-17)14-7-3-2-4-8-14/h2-4,7-8H,5-6,9-12H2,1H3/t15-/m1/s1. The van der Waals surface area contributed by atoms with Crippen LogP contribution in [0.1, 0.15) is 31.2 Å². The highest BCUT2D eigenvalue weighted by Gasteiger charge is 2.32. The summed E-state index contributed by atoms with van der Waals surface area (Å²) in [5.74, 6) is 0. The lowest BCUT2D eigenvalue weighted by atomic mass is 9.74. The zero-order chi connectivity index (χ0) is 12.1. The minimum atomic E-state index is -0.268. The maximum atomic E-state index is 9.63. The van der Waals surface area contributed by atoms with Gasteiger partial charge in [-0.05, 0) is 45.0 Å². The summed E-state index contributed by atoms with van der Waals surface area (Å²) < 4.78 is 0. The molecular weight excluding hydrogens is 208 g/mol. The van der Waals surface area contributed by atoms with Crippen LogP contribution in [0.4, 0.5) is 0 Å². The van der Waals surface area contributed by atoms with Crippen molar-refractivity contribution in [1.29, 1.82) is 5.26 Å². The molecule has 1 aromatic rings. The highest BCUT2D eigenvalue weighted by Crippen LogP contribution is 2.34. The van der Waals surface area contributed by atoms with Crippen LogP contribution in [0.5, 0.6) is 0 Å². The van der Waals surface area contributed by atoms with E-state index in [0.29, 0.717) is 0 Å². The molecular formula is C15H20N2. The third-order valence-electron chi connectivity index (χ3n) is 3.85. The Kier molecular flexibility index (Phi) is 3.81. The summed E-state index contributed by atoms with van der Waals surface area (Å²) in [6.45, 7) is 2.18. The van der Waals surface area contributed by atoms with Gasteiger partial charge in [0.2, 0.25) is 0 Å². The number of rotatable bonds is 1. The summed E-state index contributed by atoms with van der Waals surface area (Å²) in [7, 11) is 2.15. The molecule has 2 rings (SSSR count). The maximum Gasteiger partial charge on any atom is 0.0834 e. The van der Waals surface area contributed by atoms with Gasteiger partial charge in [-0.15, -0.1) is 0 Å². The fourth-order valence-corrected chi connectivity index (χ4v) is 2.65. The molecule has 0 radical (unpaired) electrons. The van der Waals surface area contributed by atoms with Crippen molar-refractivity contribution in [3.05, 3.63) is 35.9 Å². The van der Waals surface area contributed by atoms with Crippen LogP contribution in [0.15, 0.2) is 30.3 Å². The van der Waals surface area contributed by atoms with Gasteiger partial charge in [-0.1, -0.05) is 36.8 Å². The van der Waals surface area contributed by atoms with Crippen LogP contribution in [0.25, 0.3) is 0 Å². The molecule has 2 heteroatoms. The lowest BCUT2D eigenvalue weighted by molar-refractivity contribution is 0.259. The topological polar surface area (TPSA) is 27.0 Å². The van der Waals surface area contributed by atoms with E-state index in [0.717, 1.165) is 32.4 Å². The highest BCUT2D eigenvalue weighted by atomic mass is 15.1. The Morgan fingerprint density at radius 2 is 1.88 bits per heavy atom. The van der Waals surface area contributed by atoms with Crippen molar-refractivity contribution in [3.63, 3.8) is 0 Å². The predicted octanol–water partition coefficient (Wildman–Crippen LogP) is 2.95. The minimum absolute atomic E-state index is 0.268. The first kappa shape index (κ1) is 12.1. The Bertz CT molecular complexity index is 393. The summed E-state index contributed by atoms with van der Waals surface area (Å²) in [5, 5.41) is 9.63. The average Bonchev–Trinajstić information content (AvgIpc) is 2.37. The fourth-order valence-electron chi connectivity index (χ4n) is 2.65. The normalized spacial score (nSPS) is 26.8. The lowest BCUT2D eigenvalue weighted by Gasteiger charge is -2.32. The first-order chi connectivity index (χ1) is 8.27. The van der Waals surface area contributed by atoms with Gasteiger partial charge in [-0.3, -0.25) is 0 Å². The molecule has 90 valence electrons. The molecule has 0 spiro atoms. The van der Waals surface area contributed by atoms with Crippen molar-refractivity contribution in [2.45, 2.75) is 31.1 Å². The van der Waals surface area contributed by atoms with Crippen LogP contribution in [0.2, 0.25) is 0 Å². The number of nitriles is 1. The van der Waals surface area contributed by atoms with Gasteiger partial charge in [-0.2, -0.15) is 5.26 Å². The SMILES string of the molecule is CN1CCCC[C@@](C#N)(c2ccccc2)CC1. The Hall–Kier alpha value is -1.33. The second kappa shape index (κ2) is 5.33. The summed E-state index contributed by atoms with van der Waals surface area (Å²) in [5.41, 5.74) is 0.924. The molecule has 1 aliphatic rings. The molecule has 0 bridgehead atoms. The van der Waals surface area contributed by atoms with E-state index in [2.05, 4.69) is 30.1 Å². The molecule has 0 aromatic heterocycles. The molecule has 0 amide bonds. The Morgan fingerprint density at radius 3 is 2.59 bits per heavy atom. The fraction of sp³-hybridized carbons (Fsp3) is 0.533. The molecule has 17 heavy (non-hydrogen) atoms. The predicted molar refractivity (Wildman–Crippen MR) is 69.7 cm³/mol. The number of hydrogen-bond acceptors (Lipinski definition) is 2. The van der Waals surface area contributed by atoms with Gasteiger partial charge in [0.25, 0.3) is 0 Å². The van der Waals surface area contributed by atoms with E-state index in [4.69, 9.17) is 0 Å². The van der Waals surface area contributed by atoms with Crippen LogP contribution in [0.3, 0.4) is 0 Å². The molecule has 0 saturated carbocycles. The second-order valence-corrected chi connectivity index (χ2v) is 5.07.